The molecule has 1 N–H and O–H groups in total. The van der Waals surface area contributed by atoms with E-state index in [0.717, 1.165) is 52.7 Å². The number of fused-ring (bicyclic) bond motifs is 1. The number of hydrogen-bond donors (Lipinski definition) is 1. The van der Waals surface area contributed by atoms with E-state index in [0.29, 0.717) is 6.54 Å². The topological polar surface area (TPSA) is 64.7 Å². The van der Waals surface area contributed by atoms with Crippen LogP contribution in [0.4, 0.5) is 0 Å². The van der Waals surface area contributed by atoms with Gasteiger partial charge < -0.3 is 5.32 Å². The van der Waals surface area contributed by atoms with E-state index >= 15 is 0 Å². The summed E-state index contributed by atoms with van der Waals surface area (Å²) >= 11 is 1.61. The number of aromatic nitrogens is 4. The lowest BCUT2D eigenvalue weighted by molar-refractivity contribution is 0.439. The lowest BCUT2D eigenvalue weighted by Crippen LogP contribution is -2.31. The number of rotatable bonds is 4. The van der Waals surface area contributed by atoms with Gasteiger partial charge in [0.25, 0.3) is 0 Å². The van der Waals surface area contributed by atoms with Crippen LogP contribution in [0.15, 0.2) is 59.4 Å². The van der Waals surface area contributed by atoms with Crippen LogP contribution in [0.25, 0.3) is 15.9 Å². The van der Waals surface area contributed by atoms with Crippen molar-refractivity contribution in [3.63, 3.8) is 0 Å². The Morgan fingerprint density at radius 2 is 1.90 bits per heavy atom. The number of nitrogens with one attached hydrogen (secondary N) is 1. The minimum Gasteiger partial charge on any atom is -0.316 e. The molecule has 150 valence electrons. The molecule has 1 atom stereocenters. The van der Waals surface area contributed by atoms with Crippen molar-refractivity contribution in [2.75, 3.05) is 13.1 Å². The number of halogens is 1. The fraction of sp³-hybridized carbons (Fsp3) is 0.286. The highest BCUT2D eigenvalue weighted by molar-refractivity contribution is 7.18. The number of nitrogens with zero attached hydrogens (tertiary/aromatic N) is 4. The molecule has 5 rings (SSSR count). The van der Waals surface area contributed by atoms with Crippen molar-refractivity contribution >= 4 is 34.0 Å². The summed E-state index contributed by atoms with van der Waals surface area (Å²) in [5.41, 5.74) is 1.73. The minimum absolute atomic E-state index is 0. The number of hydrogen-bond acceptors (Lipinski definition) is 5. The molecule has 6 nitrogen and oxygen atoms in total. The zero-order valence-electron chi connectivity index (χ0n) is 15.8. The van der Waals surface area contributed by atoms with Gasteiger partial charge >= 0.3 is 5.69 Å². The second-order valence-electron chi connectivity index (χ2n) is 7.09. The third-order valence-electron chi connectivity index (χ3n) is 5.16. The highest BCUT2D eigenvalue weighted by Crippen LogP contribution is 2.24. The molecule has 3 heterocycles. The van der Waals surface area contributed by atoms with E-state index in [-0.39, 0.29) is 24.0 Å². The van der Waals surface area contributed by atoms with Gasteiger partial charge in [-0.1, -0.05) is 30.3 Å². The first-order chi connectivity index (χ1) is 13.8. The Labute approximate surface area is 178 Å². The van der Waals surface area contributed by atoms with Gasteiger partial charge in [-0.2, -0.15) is 5.10 Å². The Balaban J connectivity index is 0.00000205. The molecular formula is C21H22ClN5OS. The molecule has 2 aromatic heterocycles. The summed E-state index contributed by atoms with van der Waals surface area (Å²) in [5.74, 6) is 1.07. The van der Waals surface area contributed by atoms with Crippen molar-refractivity contribution in [3.05, 3.63) is 75.9 Å². The number of benzene rings is 2. The van der Waals surface area contributed by atoms with E-state index in [4.69, 9.17) is 5.10 Å². The Morgan fingerprint density at radius 3 is 2.66 bits per heavy atom. The SMILES string of the molecule is Cl.O=c1n(Cc2nc3ccccc3s2)nc(C2CCCNC2)n1-c1ccccc1. The molecule has 1 fully saturated rings. The standard InChI is InChI=1S/C21H21N5OS.ClH/c27-21-25(14-19-23-17-10-4-5-11-18(17)28-19)24-20(15-7-6-12-22-13-15)26(21)16-8-2-1-3-9-16;/h1-5,8-11,15,22H,6-7,12-14H2;1H. The average Bonchev–Trinajstić information content (AvgIpc) is 3.30. The average molecular weight is 428 g/mol. The van der Waals surface area contributed by atoms with E-state index < -0.39 is 0 Å². The van der Waals surface area contributed by atoms with E-state index in [9.17, 15) is 4.79 Å². The van der Waals surface area contributed by atoms with Gasteiger partial charge in [-0.05, 0) is 43.7 Å². The van der Waals surface area contributed by atoms with Crippen molar-refractivity contribution in [3.8, 4) is 5.69 Å². The molecule has 8 heteroatoms. The first kappa shape index (κ1) is 19.8. The summed E-state index contributed by atoms with van der Waals surface area (Å²) < 4.78 is 4.46. The largest absolute Gasteiger partial charge is 0.350 e. The fourth-order valence-electron chi connectivity index (χ4n) is 3.80. The molecule has 1 unspecified atom stereocenters. The van der Waals surface area contributed by atoms with E-state index in [1.807, 2.05) is 48.5 Å². The summed E-state index contributed by atoms with van der Waals surface area (Å²) in [5, 5.41) is 9.10. The lowest BCUT2D eigenvalue weighted by atomic mass is 9.99. The second-order valence-corrected chi connectivity index (χ2v) is 8.20. The van der Waals surface area contributed by atoms with Crippen LogP contribution in [0.1, 0.15) is 29.6 Å². The van der Waals surface area contributed by atoms with Gasteiger partial charge in [0.05, 0.1) is 22.4 Å². The van der Waals surface area contributed by atoms with Gasteiger partial charge in [0.2, 0.25) is 0 Å². The lowest BCUT2D eigenvalue weighted by Gasteiger charge is -2.22. The first-order valence-corrected chi connectivity index (χ1v) is 10.4. The van der Waals surface area contributed by atoms with Crippen LogP contribution in [0.2, 0.25) is 0 Å². The van der Waals surface area contributed by atoms with Crippen LogP contribution in [-0.4, -0.2) is 32.4 Å². The molecule has 1 saturated heterocycles. The quantitative estimate of drug-likeness (QED) is 0.540. The highest BCUT2D eigenvalue weighted by atomic mass is 35.5. The van der Waals surface area contributed by atoms with Gasteiger partial charge in [-0.15, -0.1) is 23.7 Å². The summed E-state index contributed by atoms with van der Waals surface area (Å²) in [6.07, 6.45) is 2.13. The van der Waals surface area contributed by atoms with Gasteiger partial charge in [0.1, 0.15) is 10.8 Å². The molecule has 0 aliphatic carbocycles. The molecule has 0 spiro atoms. The zero-order chi connectivity index (χ0) is 18.9. The van der Waals surface area contributed by atoms with Crippen molar-refractivity contribution in [1.29, 1.82) is 0 Å². The highest BCUT2D eigenvalue weighted by Gasteiger charge is 2.25. The van der Waals surface area contributed by atoms with Crippen molar-refractivity contribution < 1.29 is 0 Å². The molecule has 1 aliphatic rings. The summed E-state index contributed by atoms with van der Waals surface area (Å²) in [4.78, 5) is 17.9. The summed E-state index contributed by atoms with van der Waals surface area (Å²) in [7, 11) is 0. The monoisotopic (exact) mass is 427 g/mol. The molecule has 1 aliphatic heterocycles. The first-order valence-electron chi connectivity index (χ1n) is 9.60. The van der Waals surface area contributed by atoms with Crippen molar-refractivity contribution in [2.45, 2.75) is 25.3 Å². The van der Waals surface area contributed by atoms with Gasteiger partial charge in [0.15, 0.2) is 0 Å². The Bertz CT molecular complexity index is 1130. The van der Waals surface area contributed by atoms with Crippen molar-refractivity contribution in [2.24, 2.45) is 0 Å². The molecular weight excluding hydrogens is 406 g/mol. The normalized spacial score (nSPS) is 16.6. The Hall–Kier alpha value is -2.48. The molecule has 0 amide bonds. The Morgan fingerprint density at radius 1 is 1.10 bits per heavy atom. The van der Waals surface area contributed by atoms with Crippen LogP contribution in [-0.2, 0) is 6.54 Å². The molecule has 2 aromatic carbocycles. The molecule has 29 heavy (non-hydrogen) atoms. The molecule has 4 aromatic rings. The predicted octanol–water partition coefficient (Wildman–Crippen LogP) is 3.58. The van der Waals surface area contributed by atoms with Gasteiger partial charge in [0, 0.05) is 12.5 Å². The molecule has 0 saturated carbocycles. The third kappa shape index (κ3) is 3.85. The van der Waals surface area contributed by atoms with Crippen LogP contribution < -0.4 is 11.0 Å². The van der Waals surface area contributed by atoms with Gasteiger partial charge in [-0.25, -0.2) is 19.0 Å². The fourth-order valence-corrected chi connectivity index (χ4v) is 4.75. The number of para-hydroxylation sites is 2. The maximum Gasteiger partial charge on any atom is 0.350 e. The van der Waals surface area contributed by atoms with Gasteiger partial charge in [-0.3, -0.25) is 0 Å². The van der Waals surface area contributed by atoms with Crippen LogP contribution >= 0.6 is 23.7 Å². The Kier molecular flexibility index (Phi) is 5.80. The van der Waals surface area contributed by atoms with Crippen LogP contribution in [0, 0.1) is 0 Å². The van der Waals surface area contributed by atoms with E-state index in [1.54, 1.807) is 20.6 Å². The van der Waals surface area contributed by atoms with Crippen molar-refractivity contribution in [1.82, 2.24) is 24.6 Å². The van der Waals surface area contributed by atoms with Crippen LogP contribution in [0.5, 0.6) is 0 Å². The zero-order valence-corrected chi connectivity index (χ0v) is 17.5. The smallest absolute Gasteiger partial charge is 0.316 e. The minimum atomic E-state index is -0.106. The van der Waals surface area contributed by atoms with Crippen LogP contribution in [0.3, 0.4) is 0 Å². The summed E-state index contributed by atoms with van der Waals surface area (Å²) in [6, 6.07) is 17.8. The number of thiazole rings is 1. The molecule has 0 radical (unpaired) electrons. The maximum absolute atomic E-state index is 13.3. The second kappa shape index (κ2) is 8.49. The predicted molar refractivity (Wildman–Crippen MR) is 119 cm³/mol. The third-order valence-corrected chi connectivity index (χ3v) is 6.19. The van der Waals surface area contributed by atoms with E-state index in [1.165, 1.54) is 0 Å². The molecule has 0 bridgehead atoms. The maximum atomic E-state index is 13.3. The van der Waals surface area contributed by atoms with E-state index in [2.05, 4.69) is 16.4 Å². The number of piperidine rings is 1. The summed E-state index contributed by atoms with van der Waals surface area (Å²) in [6.45, 7) is 2.27.